The van der Waals surface area contributed by atoms with E-state index >= 15 is 0 Å². The molecule has 138 valence electrons. The van der Waals surface area contributed by atoms with Crippen LogP contribution in [-0.4, -0.2) is 56.3 Å². The molecule has 2 atom stereocenters. The smallest absolute Gasteiger partial charge is 0.356 e. The maximum Gasteiger partial charge on any atom is 0.401 e. The predicted octanol–water partition coefficient (Wildman–Crippen LogP) is 2.22. The highest BCUT2D eigenvalue weighted by molar-refractivity contribution is 5.85. The molecule has 2 fully saturated rings. The Morgan fingerprint density at radius 3 is 2.57 bits per heavy atom. The molecule has 4 nitrogen and oxygen atoms in total. The third-order valence-corrected chi connectivity index (χ3v) is 4.30. The van der Waals surface area contributed by atoms with Crippen molar-refractivity contribution in [3.63, 3.8) is 0 Å². The minimum absolute atomic E-state index is 0. The molecule has 0 bridgehead atoms. The zero-order chi connectivity index (χ0) is 15.3. The number of likely N-dealkylation sites (tertiary alicyclic amines) is 1. The predicted molar refractivity (Wildman–Crippen MR) is 88.3 cm³/mol. The van der Waals surface area contributed by atoms with Crippen molar-refractivity contribution in [3.8, 4) is 0 Å². The lowest BCUT2D eigenvalue weighted by molar-refractivity contribution is -0.143. The van der Waals surface area contributed by atoms with Crippen LogP contribution in [0.2, 0.25) is 0 Å². The number of nitrogens with one attached hydrogen (secondary N) is 2. The summed E-state index contributed by atoms with van der Waals surface area (Å²) in [7, 11) is 0. The number of carbonyl (C=O) groups is 1. The molecule has 2 aliphatic rings. The van der Waals surface area contributed by atoms with Crippen LogP contribution in [0.3, 0.4) is 0 Å². The SMILES string of the molecule is Cl.Cl.O=C(CCC1CCNC1)NCC1CCN(CC(F)(F)F)C1. The first-order valence-corrected chi connectivity index (χ1v) is 7.69. The van der Waals surface area contributed by atoms with E-state index in [9.17, 15) is 18.0 Å². The Labute approximate surface area is 147 Å². The van der Waals surface area contributed by atoms with Crippen molar-refractivity contribution in [3.05, 3.63) is 0 Å². The molecule has 0 spiro atoms. The zero-order valence-electron chi connectivity index (χ0n) is 13.0. The fourth-order valence-corrected chi connectivity index (χ4v) is 3.12. The minimum Gasteiger partial charge on any atom is -0.356 e. The second-order valence-corrected chi connectivity index (χ2v) is 6.21. The third kappa shape index (κ3) is 8.98. The summed E-state index contributed by atoms with van der Waals surface area (Å²) in [5.74, 6) is 0.755. The van der Waals surface area contributed by atoms with Crippen LogP contribution in [0, 0.1) is 11.8 Å². The van der Waals surface area contributed by atoms with E-state index in [-0.39, 0.29) is 36.6 Å². The minimum atomic E-state index is -4.13. The summed E-state index contributed by atoms with van der Waals surface area (Å²) in [6, 6.07) is 0. The summed E-state index contributed by atoms with van der Waals surface area (Å²) in [5.41, 5.74) is 0. The van der Waals surface area contributed by atoms with E-state index in [1.807, 2.05) is 0 Å². The summed E-state index contributed by atoms with van der Waals surface area (Å²) in [6.45, 7) is 2.56. The average molecular weight is 380 g/mol. The number of hydrogen-bond acceptors (Lipinski definition) is 3. The number of halogens is 5. The van der Waals surface area contributed by atoms with Gasteiger partial charge in [-0.05, 0) is 50.7 Å². The number of nitrogens with zero attached hydrogens (tertiary/aromatic N) is 1. The molecule has 2 aliphatic heterocycles. The summed E-state index contributed by atoms with van der Waals surface area (Å²) in [4.78, 5) is 13.2. The molecule has 2 heterocycles. The first-order chi connectivity index (χ1) is 9.92. The molecule has 0 aliphatic carbocycles. The molecular formula is C14H26Cl2F3N3O. The molecule has 0 aromatic heterocycles. The fourth-order valence-electron chi connectivity index (χ4n) is 3.12. The van der Waals surface area contributed by atoms with Gasteiger partial charge in [0, 0.05) is 19.5 Å². The van der Waals surface area contributed by atoms with Crippen LogP contribution >= 0.6 is 24.8 Å². The molecule has 2 saturated heterocycles. The number of carbonyl (C=O) groups excluding carboxylic acids is 1. The Balaban J connectivity index is 0.00000242. The number of hydrogen-bond donors (Lipinski definition) is 2. The number of alkyl halides is 3. The standard InChI is InChI=1S/C14H24F3N3O.2ClH/c15-14(16,17)10-20-6-4-12(9-20)8-19-13(21)2-1-11-3-5-18-7-11;;/h11-12,18H,1-10H2,(H,19,21);2*1H. The van der Waals surface area contributed by atoms with Crippen molar-refractivity contribution in [2.45, 2.75) is 31.9 Å². The lowest BCUT2D eigenvalue weighted by Gasteiger charge is -2.18. The molecule has 1 amide bonds. The average Bonchev–Trinajstić information content (AvgIpc) is 3.03. The highest BCUT2D eigenvalue weighted by atomic mass is 35.5. The third-order valence-electron chi connectivity index (χ3n) is 4.30. The van der Waals surface area contributed by atoms with Gasteiger partial charge in [-0.2, -0.15) is 13.2 Å². The Hall–Kier alpha value is -0.240. The maximum atomic E-state index is 12.3. The molecule has 2 rings (SSSR count). The fraction of sp³-hybridized carbons (Fsp3) is 0.929. The zero-order valence-corrected chi connectivity index (χ0v) is 14.7. The van der Waals surface area contributed by atoms with Crippen molar-refractivity contribution in [1.29, 1.82) is 0 Å². The monoisotopic (exact) mass is 379 g/mol. The molecule has 0 saturated carbocycles. The Morgan fingerprint density at radius 2 is 1.96 bits per heavy atom. The van der Waals surface area contributed by atoms with E-state index in [4.69, 9.17) is 0 Å². The van der Waals surface area contributed by atoms with Crippen molar-refractivity contribution >= 4 is 30.7 Å². The van der Waals surface area contributed by atoms with E-state index in [1.165, 1.54) is 4.90 Å². The van der Waals surface area contributed by atoms with Crippen LogP contribution < -0.4 is 10.6 Å². The summed E-state index contributed by atoms with van der Waals surface area (Å²) >= 11 is 0. The first-order valence-electron chi connectivity index (χ1n) is 7.69. The van der Waals surface area contributed by atoms with Gasteiger partial charge >= 0.3 is 6.18 Å². The van der Waals surface area contributed by atoms with Crippen LogP contribution in [-0.2, 0) is 4.79 Å². The van der Waals surface area contributed by atoms with Crippen LogP contribution in [0.4, 0.5) is 13.2 Å². The van der Waals surface area contributed by atoms with Gasteiger partial charge in [0.25, 0.3) is 0 Å². The lowest BCUT2D eigenvalue weighted by Crippen LogP contribution is -2.34. The van der Waals surface area contributed by atoms with E-state index in [2.05, 4.69) is 10.6 Å². The molecule has 9 heteroatoms. The van der Waals surface area contributed by atoms with Gasteiger partial charge in [-0.1, -0.05) is 0 Å². The molecule has 23 heavy (non-hydrogen) atoms. The highest BCUT2D eigenvalue weighted by Gasteiger charge is 2.34. The summed E-state index contributed by atoms with van der Waals surface area (Å²) < 4.78 is 36.8. The molecule has 0 aromatic carbocycles. The molecule has 0 aromatic rings. The van der Waals surface area contributed by atoms with Crippen LogP contribution in [0.15, 0.2) is 0 Å². The molecule has 2 unspecified atom stereocenters. The van der Waals surface area contributed by atoms with Crippen LogP contribution in [0.1, 0.15) is 25.7 Å². The lowest BCUT2D eigenvalue weighted by atomic mass is 10.0. The van der Waals surface area contributed by atoms with E-state index < -0.39 is 12.7 Å². The first kappa shape index (κ1) is 22.8. The van der Waals surface area contributed by atoms with E-state index in [0.717, 1.165) is 32.4 Å². The normalized spacial score (nSPS) is 24.8. The van der Waals surface area contributed by atoms with Gasteiger partial charge in [-0.3, -0.25) is 9.69 Å². The van der Waals surface area contributed by atoms with Crippen molar-refractivity contribution in [1.82, 2.24) is 15.5 Å². The highest BCUT2D eigenvalue weighted by Crippen LogP contribution is 2.22. The van der Waals surface area contributed by atoms with Crippen LogP contribution in [0.5, 0.6) is 0 Å². The van der Waals surface area contributed by atoms with E-state index in [0.29, 0.717) is 32.0 Å². The van der Waals surface area contributed by atoms with E-state index in [1.54, 1.807) is 0 Å². The second kappa shape index (κ2) is 10.6. The largest absolute Gasteiger partial charge is 0.401 e. The van der Waals surface area contributed by atoms with Gasteiger partial charge < -0.3 is 10.6 Å². The van der Waals surface area contributed by atoms with Gasteiger partial charge in [0.05, 0.1) is 6.54 Å². The molecule has 0 radical (unpaired) electrons. The Morgan fingerprint density at radius 1 is 1.22 bits per heavy atom. The number of amides is 1. The van der Waals surface area contributed by atoms with Crippen molar-refractivity contribution < 1.29 is 18.0 Å². The van der Waals surface area contributed by atoms with Gasteiger partial charge in [0.1, 0.15) is 0 Å². The van der Waals surface area contributed by atoms with Crippen molar-refractivity contribution in [2.24, 2.45) is 11.8 Å². The molecular weight excluding hydrogens is 354 g/mol. The van der Waals surface area contributed by atoms with Gasteiger partial charge in [0.2, 0.25) is 5.91 Å². The summed E-state index contributed by atoms with van der Waals surface area (Å²) in [6.07, 6.45) is -0.867. The van der Waals surface area contributed by atoms with Gasteiger partial charge in [0.15, 0.2) is 0 Å². The maximum absolute atomic E-state index is 12.3. The Kier molecular flexibility index (Phi) is 10.5. The van der Waals surface area contributed by atoms with Crippen LogP contribution in [0.25, 0.3) is 0 Å². The summed E-state index contributed by atoms with van der Waals surface area (Å²) in [5, 5.41) is 6.13. The Bertz CT molecular complexity index is 353. The van der Waals surface area contributed by atoms with Crippen molar-refractivity contribution in [2.75, 3.05) is 39.3 Å². The quantitative estimate of drug-likeness (QED) is 0.743. The number of rotatable bonds is 6. The second-order valence-electron chi connectivity index (χ2n) is 6.21. The topological polar surface area (TPSA) is 44.4 Å². The van der Waals surface area contributed by atoms with Gasteiger partial charge in [-0.15, -0.1) is 24.8 Å². The van der Waals surface area contributed by atoms with Gasteiger partial charge in [-0.25, -0.2) is 0 Å². The molecule has 2 N–H and O–H groups in total.